The average Bonchev–Trinajstić information content (AvgIpc) is 3.32. The molecule has 2 heterocycles. The van der Waals surface area contributed by atoms with E-state index in [0.29, 0.717) is 16.6 Å². The minimum Gasteiger partial charge on any atom is -0.497 e. The van der Waals surface area contributed by atoms with Gasteiger partial charge in [-0.2, -0.15) is 0 Å². The van der Waals surface area contributed by atoms with E-state index in [4.69, 9.17) is 9.73 Å². The van der Waals surface area contributed by atoms with Crippen LogP contribution in [0.2, 0.25) is 0 Å². The number of amides is 1. The summed E-state index contributed by atoms with van der Waals surface area (Å²) in [5, 5.41) is 1.62. The first-order valence-corrected chi connectivity index (χ1v) is 11.8. The molecule has 0 atom stereocenters. The molecule has 7 heteroatoms. The van der Waals surface area contributed by atoms with Gasteiger partial charge < -0.3 is 9.64 Å². The van der Waals surface area contributed by atoms with Crippen LogP contribution in [0, 0.1) is 0 Å². The molecule has 1 saturated heterocycles. The van der Waals surface area contributed by atoms with Gasteiger partial charge in [0.2, 0.25) is 0 Å². The lowest BCUT2D eigenvalue weighted by molar-refractivity contribution is -0.122. The fraction of sp³-hybridized carbons (Fsp3) is 0.120. The smallest absolute Gasteiger partial charge is 0.269 e. The summed E-state index contributed by atoms with van der Waals surface area (Å²) in [7, 11) is 3.65. The number of nitrogens with zero attached hydrogens (tertiary/aromatic N) is 3. The van der Waals surface area contributed by atoms with Crippen molar-refractivity contribution in [1.82, 2.24) is 4.90 Å². The predicted molar refractivity (Wildman–Crippen MR) is 132 cm³/mol. The number of para-hydroxylation sites is 1. The van der Waals surface area contributed by atoms with Crippen LogP contribution < -0.4 is 9.64 Å². The quantitative estimate of drug-likeness (QED) is 0.457. The molecule has 3 aromatic rings. The Bertz CT molecular complexity index is 1220. The second-order valence-electron chi connectivity index (χ2n) is 7.33. The number of hydrogen-bond acceptors (Lipinski definition) is 6. The zero-order valence-corrected chi connectivity index (χ0v) is 19.3. The summed E-state index contributed by atoms with van der Waals surface area (Å²) >= 11 is 3.07. The van der Waals surface area contributed by atoms with Crippen LogP contribution in [0.3, 0.4) is 0 Å². The van der Waals surface area contributed by atoms with Crippen molar-refractivity contribution in [1.29, 1.82) is 0 Å². The summed E-state index contributed by atoms with van der Waals surface area (Å²) in [5.41, 5.74) is 2.95. The average molecular weight is 460 g/mol. The van der Waals surface area contributed by atoms with Crippen molar-refractivity contribution in [3.05, 3.63) is 94.4 Å². The van der Waals surface area contributed by atoms with Crippen LogP contribution in [0.1, 0.15) is 5.56 Å². The number of amidine groups is 1. The zero-order chi connectivity index (χ0) is 22.1. The summed E-state index contributed by atoms with van der Waals surface area (Å²) in [6.45, 7) is 0.472. The first-order valence-electron chi connectivity index (χ1n) is 10.2. The molecule has 5 rings (SSSR count). The Morgan fingerprint density at radius 1 is 0.906 bits per heavy atom. The number of carbonyl (C=O) groups is 1. The number of fused-ring (bicyclic) bond motifs is 1. The van der Waals surface area contributed by atoms with Crippen LogP contribution in [0.25, 0.3) is 0 Å². The minimum atomic E-state index is -0.0201. The molecule has 0 aliphatic carbocycles. The molecule has 0 N–H and O–H groups in total. The highest BCUT2D eigenvalue weighted by Gasteiger charge is 2.39. The van der Waals surface area contributed by atoms with Gasteiger partial charge in [0, 0.05) is 11.9 Å². The molecule has 3 aromatic carbocycles. The Hall–Kier alpha value is -3.16. The molecule has 0 radical (unpaired) electrons. The molecule has 0 unspecified atom stereocenters. The second-order valence-corrected chi connectivity index (χ2v) is 9.34. The zero-order valence-electron chi connectivity index (χ0n) is 17.7. The normalized spacial score (nSPS) is 19.1. The summed E-state index contributed by atoms with van der Waals surface area (Å²) in [6, 6.07) is 25.8. The van der Waals surface area contributed by atoms with Crippen LogP contribution in [0.4, 0.5) is 11.4 Å². The molecule has 2 aliphatic heterocycles. The first kappa shape index (κ1) is 20.7. The van der Waals surface area contributed by atoms with E-state index < -0.39 is 0 Å². The van der Waals surface area contributed by atoms with Crippen LogP contribution in [-0.4, -0.2) is 30.1 Å². The molecule has 1 fully saturated rings. The summed E-state index contributed by atoms with van der Waals surface area (Å²) in [6.07, 6.45) is 0. The predicted octanol–water partition coefficient (Wildman–Crippen LogP) is 5.87. The van der Waals surface area contributed by atoms with Crippen LogP contribution >= 0.6 is 23.5 Å². The van der Waals surface area contributed by atoms with Crippen molar-refractivity contribution < 1.29 is 9.53 Å². The number of rotatable bonds is 4. The monoisotopic (exact) mass is 459 g/mol. The largest absolute Gasteiger partial charge is 0.497 e. The van der Waals surface area contributed by atoms with Gasteiger partial charge in [-0.1, -0.05) is 54.2 Å². The summed E-state index contributed by atoms with van der Waals surface area (Å²) in [5.74, 6) is 0.753. The number of methoxy groups -OCH3 is 1. The Kier molecular flexibility index (Phi) is 5.68. The van der Waals surface area contributed by atoms with E-state index in [1.807, 2.05) is 73.8 Å². The lowest BCUT2D eigenvalue weighted by Crippen LogP contribution is -2.29. The third kappa shape index (κ3) is 3.89. The lowest BCUT2D eigenvalue weighted by Gasteiger charge is -2.17. The molecule has 5 nitrogen and oxygen atoms in total. The van der Waals surface area contributed by atoms with Crippen LogP contribution in [0.15, 0.2) is 98.7 Å². The molecule has 160 valence electrons. The summed E-state index contributed by atoms with van der Waals surface area (Å²) < 4.78 is 5.25. The van der Waals surface area contributed by atoms with Gasteiger partial charge in [0.05, 0.1) is 30.1 Å². The maximum Gasteiger partial charge on any atom is 0.269 e. The number of aliphatic imine (C=N–C) groups is 1. The number of ether oxygens (including phenoxy) is 1. The van der Waals surface area contributed by atoms with Crippen molar-refractivity contribution in [3.63, 3.8) is 0 Å². The Morgan fingerprint density at radius 2 is 1.62 bits per heavy atom. The lowest BCUT2D eigenvalue weighted by atomic mass is 10.2. The molecule has 0 spiro atoms. The SMILES string of the molecule is COc1ccc(N=C2S/C(=C3/Sc4ccccc4N3C)C(=O)N2Cc2ccccc2)cc1. The maximum absolute atomic E-state index is 13.6. The molecular weight excluding hydrogens is 438 g/mol. The van der Waals surface area contributed by atoms with Gasteiger partial charge in [0.15, 0.2) is 5.17 Å². The highest BCUT2D eigenvalue weighted by atomic mass is 32.2. The Balaban J connectivity index is 1.53. The summed E-state index contributed by atoms with van der Waals surface area (Å²) in [4.78, 5) is 24.1. The van der Waals surface area contributed by atoms with E-state index in [9.17, 15) is 4.79 Å². The van der Waals surface area contributed by atoms with E-state index in [2.05, 4.69) is 17.0 Å². The van der Waals surface area contributed by atoms with E-state index in [1.165, 1.54) is 11.8 Å². The molecule has 0 saturated carbocycles. The van der Waals surface area contributed by atoms with Crippen molar-refractivity contribution in [2.75, 3.05) is 19.1 Å². The minimum absolute atomic E-state index is 0.0201. The van der Waals surface area contributed by atoms with Gasteiger partial charge in [-0.3, -0.25) is 9.69 Å². The van der Waals surface area contributed by atoms with Crippen molar-refractivity contribution in [3.8, 4) is 5.75 Å². The molecule has 0 aromatic heterocycles. The van der Waals surface area contributed by atoms with E-state index in [0.717, 1.165) is 32.6 Å². The van der Waals surface area contributed by atoms with Crippen LogP contribution in [-0.2, 0) is 11.3 Å². The highest BCUT2D eigenvalue weighted by Crippen LogP contribution is 2.50. The van der Waals surface area contributed by atoms with E-state index in [1.54, 1.807) is 23.8 Å². The molecular formula is C25H21N3O2S2. The van der Waals surface area contributed by atoms with E-state index >= 15 is 0 Å². The number of thioether (sulfide) groups is 2. The number of anilines is 1. The highest BCUT2D eigenvalue weighted by molar-refractivity contribution is 8.19. The molecule has 0 bridgehead atoms. The first-order chi connectivity index (χ1) is 15.6. The number of hydrogen-bond donors (Lipinski definition) is 0. The topological polar surface area (TPSA) is 45.1 Å². The fourth-order valence-electron chi connectivity index (χ4n) is 3.59. The third-order valence-electron chi connectivity index (χ3n) is 5.28. The van der Waals surface area contributed by atoms with Gasteiger partial charge in [0.25, 0.3) is 5.91 Å². The van der Waals surface area contributed by atoms with Gasteiger partial charge in [-0.15, -0.1) is 0 Å². The van der Waals surface area contributed by atoms with Gasteiger partial charge in [-0.25, -0.2) is 4.99 Å². The fourth-order valence-corrected chi connectivity index (χ4v) is 5.93. The van der Waals surface area contributed by atoms with Crippen LogP contribution in [0.5, 0.6) is 5.75 Å². The molecule has 2 aliphatic rings. The second kappa shape index (κ2) is 8.76. The van der Waals surface area contributed by atoms with Gasteiger partial charge >= 0.3 is 0 Å². The van der Waals surface area contributed by atoms with Crippen molar-refractivity contribution in [2.24, 2.45) is 4.99 Å². The van der Waals surface area contributed by atoms with Crippen molar-refractivity contribution >= 4 is 46.0 Å². The maximum atomic E-state index is 13.6. The Labute approximate surface area is 195 Å². The number of benzene rings is 3. The standard InChI is InChI=1S/C25H21N3O2S2/c1-27-20-10-6-7-11-21(20)31-24(27)22-23(29)28(16-17-8-4-3-5-9-17)25(32-22)26-18-12-14-19(30-2)15-13-18/h3-15H,16H2,1-2H3/b24-22+,26-25?. The Morgan fingerprint density at radius 3 is 2.34 bits per heavy atom. The third-order valence-corrected chi connectivity index (χ3v) is 7.71. The van der Waals surface area contributed by atoms with Crippen molar-refractivity contribution in [2.45, 2.75) is 11.4 Å². The van der Waals surface area contributed by atoms with Gasteiger partial charge in [0.1, 0.15) is 10.7 Å². The molecule has 32 heavy (non-hydrogen) atoms. The number of carbonyl (C=O) groups excluding carboxylic acids is 1. The molecule has 1 amide bonds. The van der Waals surface area contributed by atoms with Gasteiger partial charge in [-0.05, 0) is 53.7 Å². The van der Waals surface area contributed by atoms with E-state index in [-0.39, 0.29) is 5.91 Å².